The molecule has 0 radical (unpaired) electrons. The first-order chi connectivity index (χ1) is 17.6. The molecule has 0 aromatic heterocycles. The molecule has 11 heteroatoms. The number of hydrogen-bond acceptors (Lipinski definition) is 8. The summed E-state index contributed by atoms with van der Waals surface area (Å²) in [6.45, 7) is 1.81. The smallest absolute Gasteiger partial charge is 0.332 e. The highest BCUT2D eigenvalue weighted by Gasteiger charge is 2.40. The lowest BCUT2D eigenvalue weighted by atomic mass is 10.0. The Balaban J connectivity index is 1.99. The van der Waals surface area contributed by atoms with Crippen molar-refractivity contribution in [3.8, 4) is 0 Å². The van der Waals surface area contributed by atoms with Crippen molar-refractivity contribution in [1.29, 1.82) is 0 Å². The molecule has 0 unspecified atom stereocenters. The Bertz CT molecular complexity index is 1560. The van der Waals surface area contributed by atoms with E-state index in [9.17, 15) is 28.1 Å². The maximum Gasteiger partial charge on any atom is 0.332 e. The molecule has 1 aliphatic rings. The summed E-state index contributed by atoms with van der Waals surface area (Å²) in [4.78, 5) is 37.8. The molecule has 1 heterocycles. The van der Waals surface area contributed by atoms with Crippen molar-refractivity contribution in [3.05, 3.63) is 118 Å². The maximum absolute atomic E-state index is 13.7. The Hall–Kier alpha value is -4.77. The zero-order chi connectivity index (χ0) is 26.7. The van der Waals surface area contributed by atoms with Crippen molar-refractivity contribution in [3.63, 3.8) is 0 Å². The van der Waals surface area contributed by atoms with E-state index in [1.807, 2.05) is 6.92 Å². The van der Waals surface area contributed by atoms with Crippen molar-refractivity contribution in [2.45, 2.75) is 11.8 Å². The third-order valence-corrected chi connectivity index (χ3v) is 6.90. The number of nitro benzene ring substituents is 1. The number of Topliss-reactive ketones (excluding diaryl/α,β-unsaturated/α-hetero) is 1. The molecule has 0 saturated carbocycles. The number of ether oxygens (including phenoxy) is 1. The van der Waals surface area contributed by atoms with Gasteiger partial charge in [0.05, 0.1) is 34.3 Å². The topological polar surface area (TPSA) is 136 Å². The summed E-state index contributed by atoms with van der Waals surface area (Å²) in [5.74, 6) is -1.73. The number of allylic oxidation sites excluding steroid dienone is 1. The van der Waals surface area contributed by atoms with E-state index in [0.29, 0.717) is 5.56 Å². The number of ketones is 1. The van der Waals surface area contributed by atoms with E-state index in [1.165, 1.54) is 41.3 Å². The number of benzene rings is 3. The number of nitrogens with one attached hydrogen (secondary N) is 1. The van der Waals surface area contributed by atoms with Gasteiger partial charge >= 0.3 is 5.97 Å². The van der Waals surface area contributed by atoms with Gasteiger partial charge in [0, 0.05) is 12.1 Å². The molecule has 0 bridgehead atoms. The number of sulfonamides is 1. The number of methoxy groups -OCH3 is 1. The van der Waals surface area contributed by atoms with Gasteiger partial charge in [-0.25, -0.2) is 13.2 Å². The lowest BCUT2D eigenvalue weighted by Gasteiger charge is -2.24. The van der Waals surface area contributed by atoms with Gasteiger partial charge in [0.2, 0.25) is 5.78 Å². The van der Waals surface area contributed by atoms with Gasteiger partial charge in [0.15, 0.2) is 0 Å². The van der Waals surface area contributed by atoms with Crippen molar-refractivity contribution >= 4 is 38.7 Å². The number of aryl methyl sites for hydroxylation is 1. The van der Waals surface area contributed by atoms with Crippen LogP contribution in [0.1, 0.15) is 11.1 Å². The van der Waals surface area contributed by atoms with Crippen LogP contribution in [-0.4, -0.2) is 32.2 Å². The number of esters is 1. The van der Waals surface area contributed by atoms with Gasteiger partial charge in [-0.15, -0.1) is 0 Å². The molecule has 0 aliphatic carbocycles. The molecule has 3 aromatic carbocycles. The monoisotopic (exact) mass is 519 g/mol. The minimum absolute atomic E-state index is 0.0436. The van der Waals surface area contributed by atoms with Crippen LogP contribution >= 0.6 is 0 Å². The minimum Gasteiger partial charge on any atom is -0.466 e. The third kappa shape index (κ3) is 5.11. The van der Waals surface area contributed by atoms with Crippen molar-refractivity contribution in [2.24, 2.45) is 0 Å². The second-order valence-corrected chi connectivity index (χ2v) is 9.68. The van der Waals surface area contributed by atoms with Gasteiger partial charge in [-0.1, -0.05) is 54.1 Å². The lowest BCUT2D eigenvalue weighted by Crippen LogP contribution is -2.33. The van der Waals surface area contributed by atoms with E-state index in [0.717, 1.165) is 18.7 Å². The zero-order valence-corrected chi connectivity index (χ0v) is 20.6. The predicted octanol–water partition coefficient (Wildman–Crippen LogP) is 3.70. The number of carbonyl (C=O) groups excluding carboxylic acids is 2. The predicted molar refractivity (Wildman–Crippen MR) is 136 cm³/mol. The fourth-order valence-electron chi connectivity index (χ4n) is 3.76. The molecule has 0 amide bonds. The summed E-state index contributed by atoms with van der Waals surface area (Å²) in [5, 5.41) is 11.5. The average Bonchev–Trinajstić information content (AvgIpc) is 3.14. The summed E-state index contributed by atoms with van der Waals surface area (Å²) in [5.41, 5.74) is 0.728. The third-order valence-electron chi connectivity index (χ3n) is 5.54. The summed E-state index contributed by atoms with van der Waals surface area (Å²) < 4.78 is 34.0. The lowest BCUT2D eigenvalue weighted by molar-refractivity contribution is -0.384. The Labute approximate surface area is 212 Å². The first-order valence-electron chi connectivity index (χ1n) is 10.9. The summed E-state index contributed by atoms with van der Waals surface area (Å²) in [6.07, 6.45) is 0.914. The minimum atomic E-state index is -4.23. The van der Waals surface area contributed by atoms with Crippen LogP contribution in [-0.2, 0) is 24.3 Å². The highest BCUT2D eigenvalue weighted by molar-refractivity contribution is 7.89. The molecule has 188 valence electrons. The van der Waals surface area contributed by atoms with Gasteiger partial charge in [-0.2, -0.15) is 0 Å². The molecule has 0 atom stereocenters. The van der Waals surface area contributed by atoms with E-state index < -0.39 is 26.7 Å². The standard InChI is InChI=1S/C26H21N3O7S/c1-17-11-13-21(14-12-17)37(34,35)27-26-24(18-7-4-3-5-8-18)25(31)22(16-23(30)36-2)28(26)19-9-6-10-20(15-19)29(32)33/h3-16,27H,1-2H3/b22-16+. The second kappa shape index (κ2) is 10.1. The number of non-ortho nitro benzene ring substituents is 1. The summed E-state index contributed by atoms with van der Waals surface area (Å²) >= 11 is 0. The highest BCUT2D eigenvalue weighted by Crippen LogP contribution is 2.39. The first kappa shape index (κ1) is 25.3. The normalized spacial score (nSPS) is 14.7. The number of nitro groups is 1. The van der Waals surface area contributed by atoms with Gasteiger partial charge in [-0.05, 0) is 30.7 Å². The van der Waals surface area contributed by atoms with Crippen molar-refractivity contribution < 1.29 is 27.7 Å². The van der Waals surface area contributed by atoms with Crippen LogP contribution in [0.2, 0.25) is 0 Å². The Morgan fingerprint density at radius 2 is 1.70 bits per heavy atom. The first-order valence-corrected chi connectivity index (χ1v) is 12.4. The van der Waals surface area contributed by atoms with Crippen LogP contribution in [0.25, 0.3) is 5.57 Å². The number of nitrogens with zero attached hydrogens (tertiary/aromatic N) is 2. The number of hydrogen-bond donors (Lipinski definition) is 1. The van der Waals surface area contributed by atoms with Crippen molar-refractivity contribution in [1.82, 2.24) is 4.72 Å². The quantitative estimate of drug-likeness (QED) is 0.216. The molecular weight excluding hydrogens is 498 g/mol. The molecular formula is C26H21N3O7S. The van der Waals surface area contributed by atoms with Gasteiger partial charge in [0.25, 0.3) is 15.7 Å². The molecule has 37 heavy (non-hydrogen) atoms. The zero-order valence-electron chi connectivity index (χ0n) is 19.7. The number of rotatable bonds is 7. The fraction of sp³-hybridized carbons (Fsp3) is 0.0769. The van der Waals surface area contributed by atoms with Crippen LogP contribution in [0.5, 0.6) is 0 Å². The molecule has 0 fully saturated rings. The second-order valence-electron chi connectivity index (χ2n) is 8.00. The Kier molecular flexibility index (Phi) is 6.89. The molecule has 3 aromatic rings. The Morgan fingerprint density at radius 3 is 2.32 bits per heavy atom. The number of carbonyl (C=O) groups is 2. The van der Waals surface area contributed by atoms with Gasteiger partial charge < -0.3 is 4.74 Å². The SMILES string of the molecule is COC(=O)/C=C1\C(=O)C(c2ccccc2)=C(NS(=O)(=O)c2ccc(C)cc2)N1c1cccc([N+](=O)[O-])c1. The van der Waals surface area contributed by atoms with Crippen LogP contribution in [0.3, 0.4) is 0 Å². The molecule has 0 spiro atoms. The average molecular weight is 520 g/mol. The molecule has 0 saturated heterocycles. The van der Waals surface area contributed by atoms with Crippen LogP contribution in [0, 0.1) is 17.0 Å². The summed E-state index contributed by atoms with van der Waals surface area (Å²) in [7, 11) is -3.10. The summed E-state index contributed by atoms with van der Waals surface area (Å²) in [6, 6.07) is 19.6. The van der Waals surface area contributed by atoms with Crippen LogP contribution in [0.15, 0.2) is 101 Å². The van der Waals surface area contributed by atoms with E-state index >= 15 is 0 Å². The van der Waals surface area contributed by atoms with Gasteiger partial charge in [-0.3, -0.25) is 24.5 Å². The van der Waals surface area contributed by atoms with E-state index in [-0.39, 0.29) is 33.4 Å². The fourth-order valence-corrected chi connectivity index (χ4v) is 4.82. The van der Waals surface area contributed by atoms with Crippen LogP contribution in [0.4, 0.5) is 11.4 Å². The van der Waals surface area contributed by atoms with Gasteiger partial charge in [0.1, 0.15) is 11.5 Å². The highest BCUT2D eigenvalue weighted by atomic mass is 32.2. The molecule has 1 aliphatic heterocycles. The van der Waals surface area contributed by atoms with E-state index in [2.05, 4.69) is 4.72 Å². The van der Waals surface area contributed by atoms with Crippen molar-refractivity contribution in [2.75, 3.05) is 12.0 Å². The van der Waals surface area contributed by atoms with Crippen LogP contribution < -0.4 is 9.62 Å². The molecule has 1 N–H and O–H groups in total. The largest absolute Gasteiger partial charge is 0.466 e. The molecule has 10 nitrogen and oxygen atoms in total. The Morgan fingerprint density at radius 1 is 1.03 bits per heavy atom. The maximum atomic E-state index is 13.7. The van der Waals surface area contributed by atoms with E-state index in [4.69, 9.17) is 4.74 Å². The van der Waals surface area contributed by atoms with E-state index in [1.54, 1.807) is 42.5 Å². The number of anilines is 1. The molecule has 4 rings (SSSR count).